The van der Waals surface area contributed by atoms with E-state index in [4.69, 9.17) is 10.8 Å². The standard InChI is InChI=1S/C13H25NO3/c1-4-5-6-7-8-11(15)13(14,12(16)17)9-10(2)3/h10H,4-9,14H2,1-3H3,(H,16,17)/t13-/m0/s1. The SMILES string of the molecule is CCCCCCC(=O)[C@@](N)(CC(C)C)C(=O)O. The van der Waals surface area contributed by atoms with Gasteiger partial charge < -0.3 is 10.8 Å². The van der Waals surface area contributed by atoms with Crippen molar-refractivity contribution in [3.05, 3.63) is 0 Å². The number of carboxylic acids is 1. The van der Waals surface area contributed by atoms with Gasteiger partial charge in [-0.05, 0) is 18.8 Å². The van der Waals surface area contributed by atoms with Crippen molar-refractivity contribution in [3.63, 3.8) is 0 Å². The van der Waals surface area contributed by atoms with Crippen molar-refractivity contribution in [2.75, 3.05) is 0 Å². The first-order valence-electron chi connectivity index (χ1n) is 6.40. The molecule has 0 saturated carbocycles. The van der Waals surface area contributed by atoms with E-state index in [2.05, 4.69) is 6.92 Å². The van der Waals surface area contributed by atoms with Crippen LogP contribution in [0, 0.1) is 5.92 Å². The lowest BCUT2D eigenvalue weighted by Crippen LogP contribution is -2.55. The Labute approximate surface area is 104 Å². The molecule has 0 heterocycles. The number of carboxylic acid groups (broad SMARTS) is 1. The maximum absolute atomic E-state index is 11.9. The molecule has 0 aliphatic carbocycles. The molecule has 0 aliphatic rings. The third kappa shape index (κ3) is 5.31. The highest BCUT2D eigenvalue weighted by Crippen LogP contribution is 2.19. The van der Waals surface area contributed by atoms with E-state index in [1.165, 1.54) is 0 Å². The van der Waals surface area contributed by atoms with Crippen LogP contribution < -0.4 is 5.73 Å². The number of nitrogens with two attached hydrogens (primary N) is 1. The second kappa shape index (κ2) is 7.43. The van der Waals surface area contributed by atoms with Gasteiger partial charge in [0.25, 0.3) is 0 Å². The Balaban J connectivity index is 4.39. The highest BCUT2D eigenvalue weighted by atomic mass is 16.4. The van der Waals surface area contributed by atoms with Gasteiger partial charge in [0.1, 0.15) is 0 Å². The summed E-state index contributed by atoms with van der Waals surface area (Å²) in [6.45, 7) is 5.83. The van der Waals surface area contributed by atoms with Crippen LogP contribution in [0.2, 0.25) is 0 Å². The smallest absolute Gasteiger partial charge is 0.331 e. The number of hydrogen-bond acceptors (Lipinski definition) is 3. The van der Waals surface area contributed by atoms with Crippen molar-refractivity contribution >= 4 is 11.8 Å². The van der Waals surface area contributed by atoms with Gasteiger partial charge in [0.05, 0.1) is 0 Å². The van der Waals surface area contributed by atoms with Crippen LogP contribution in [-0.4, -0.2) is 22.4 Å². The molecular formula is C13H25NO3. The summed E-state index contributed by atoms with van der Waals surface area (Å²) in [4.78, 5) is 23.0. The molecule has 0 unspecified atom stereocenters. The molecule has 0 aromatic carbocycles. The number of rotatable bonds is 9. The van der Waals surface area contributed by atoms with Crippen molar-refractivity contribution in [2.24, 2.45) is 11.7 Å². The molecule has 0 rings (SSSR count). The summed E-state index contributed by atoms with van der Waals surface area (Å²) in [6, 6.07) is 0. The minimum Gasteiger partial charge on any atom is -0.480 e. The van der Waals surface area contributed by atoms with Gasteiger partial charge in [0.2, 0.25) is 0 Å². The Kier molecular flexibility index (Phi) is 7.04. The number of unbranched alkanes of at least 4 members (excludes halogenated alkanes) is 3. The molecule has 0 aliphatic heterocycles. The third-order valence-electron chi connectivity index (χ3n) is 2.87. The van der Waals surface area contributed by atoms with Crippen molar-refractivity contribution in [3.8, 4) is 0 Å². The summed E-state index contributed by atoms with van der Waals surface area (Å²) < 4.78 is 0. The molecule has 0 bridgehead atoms. The van der Waals surface area contributed by atoms with E-state index < -0.39 is 11.5 Å². The topological polar surface area (TPSA) is 80.4 Å². The zero-order valence-corrected chi connectivity index (χ0v) is 11.2. The van der Waals surface area contributed by atoms with Crippen LogP contribution in [0.25, 0.3) is 0 Å². The molecule has 0 aromatic rings. The minimum absolute atomic E-state index is 0.0932. The van der Waals surface area contributed by atoms with Crippen LogP contribution in [0.15, 0.2) is 0 Å². The average molecular weight is 243 g/mol. The van der Waals surface area contributed by atoms with Crippen LogP contribution in [0.1, 0.15) is 59.3 Å². The summed E-state index contributed by atoms with van der Waals surface area (Å²) in [6.07, 6.45) is 4.33. The van der Waals surface area contributed by atoms with Gasteiger partial charge in [0.15, 0.2) is 11.3 Å². The summed E-state index contributed by atoms with van der Waals surface area (Å²) in [5.74, 6) is -1.45. The highest BCUT2D eigenvalue weighted by molar-refractivity contribution is 6.07. The van der Waals surface area contributed by atoms with Gasteiger partial charge >= 0.3 is 5.97 Å². The van der Waals surface area contributed by atoms with Gasteiger partial charge in [-0.2, -0.15) is 0 Å². The quantitative estimate of drug-likeness (QED) is 0.481. The fraction of sp³-hybridized carbons (Fsp3) is 0.846. The van der Waals surface area contributed by atoms with Gasteiger partial charge in [-0.1, -0.05) is 40.0 Å². The van der Waals surface area contributed by atoms with E-state index in [0.717, 1.165) is 25.7 Å². The number of Topliss-reactive ketones (excluding diaryl/α,β-unsaturated/α-hetero) is 1. The molecule has 0 saturated heterocycles. The zero-order valence-electron chi connectivity index (χ0n) is 11.2. The van der Waals surface area contributed by atoms with E-state index in [-0.39, 0.29) is 24.5 Å². The number of carbonyl (C=O) groups is 2. The fourth-order valence-corrected chi connectivity index (χ4v) is 1.90. The second-order valence-corrected chi connectivity index (χ2v) is 5.11. The summed E-state index contributed by atoms with van der Waals surface area (Å²) in [5.41, 5.74) is 4.06. The van der Waals surface area contributed by atoms with E-state index in [1.54, 1.807) is 0 Å². The third-order valence-corrected chi connectivity index (χ3v) is 2.87. The fourth-order valence-electron chi connectivity index (χ4n) is 1.90. The lowest BCUT2D eigenvalue weighted by Gasteiger charge is -2.25. The Morgan fingerprint density at radius 2 is 1.82 bits per heavy atom. The zero-order chi connectivity index (χ0) is 13.5. The molecule has 0 spiro atoms. The molecule has 0 fully saturated rings. The van der Waals surface area contributed by atoms with Gasteiger partial charge in [-0.3, -0.25) is 4.79 Å². The normalized spacial score (nSPS) is 14.6. The maximum atomic E-state index is 11.9. The van der Waals surface area contributed by atoms with Crippen LogP contribution in [0.3, 0.4) is 0 Å². The second-order valence-electron chi connectivity index (χ2n) is 5.11. The average Bonchev–Trinajstić information content (AvgIpc) is 2.22. The molecule has 4 nitrogen and oxygen atoms in total. The van der Waals surface area contributed by atoms with Gasteiger partial charge in [0, 0.05) is 6.42 Å². The van der Waals surface area contributed by atoms with Crippen molar-refractivity contribution in [1.82, 2.24) is 0 Å². The molecular weight excluding hydrogens is 218 g/mol. The molecule has 17 heavy (non-hydrogen) atoms. The summed E-state index contributed by atoms with van der Waals surface area (Å²) >= 11 is 0. The van der Waals surface area contributed by atoms with Crippen molar-refractivity contribution < 1.29 is 14.7 Å². The van der Waals surface area contributed by atoms with E-state index >= 15 is 0 Å². The molecule has 3 N–H and O–H groups in total. The lowest BCUT2D eigenvalue weighted by atomic mass is 9.84. The first kappa shape index (κ1) is 16.1. The summed E-state index contributed by atoms with van der Waals surface area (Å²) in [5, 5.41) is 9.11. The van der Waals surface area contributed by atoms with Gasteiger partial charge in [-0.15, -0.1) is 0 Å². The van der Waals surface area contributed by atoms with Crippen LogP contribution >= 0.6 is 0 Å². The Bertz CT molecular complexity index is 263. The monoisotopic (exact) mass is 243 g/mol. The molecule has 1 atom stereocenters. The first-order chi connectivity index (χ1) is 7.84. The van der Waals surface area contributed by atoms with Gasteiger partial charge in [-0.25, -0.2) is 4.79 Å². The first-order valence-corrected chi connectivity index (χ1v) is 6.40. The molecule has 0 radical (unpaired) electrons. The van der Waals surface area contributed by atoms with Crippen molar-refractivity contribution in [2.45, 2.75) is 64.8 Å². The minimum atomic E-state index is -1.69. The van der Waals surface area contributed by atoms with E-state index in [1.807, 2.05) is 13.8 Å². The molecule has 100 valence electrons. The van der Waals surface area contributed by atoms with Crippen molar-refractivity contribution in [1.29, 1.82) is 0 Å². The highest BCUT2D eigenvalue weighted by Gasteiger charge is 2.41. The number of aliphatic carboxylic acids is 1. The predicted molar refractivity (Wildman–Crippen MR) is 67.8 cm³/mol. The molecule has 0 aromatic heterocycles. The molecule has 0 amide bonds. The Hall–Kier alpha value is -0.900. The van der Waals surface area contributed by atoms with E-state index in [9.17, 15) is 9.59 Å². The maximum Gasteiger partial charge on any atom is 0.331 e. The largest absolute Gasteiger partial charge is 0.480 e. The van der Waals surface area contributed by atoms with E-state index in [0.29, 0.717) is 0 Å². The Morgan fingerprint density at radius 1 is 1.24 bits per heavy atom. The number of carbonyl (C=O) groups excluding carboxylic acids is 1. The summed E-state index contributed by atoms with van der Waals surface area (Å²) in [7, 11) is 0. The number of hydrogen-bond donors (Lipinski definition) is 2. The predicted octanol–water partition coefficient (Wildman–Crippen LogP) is 2.35. The van der Waals surface area contributed by atoms with Crippen LogP contribution in [0.4, 0.5) is 0 Å². The number of ketones is 1. The molecule has 4 heteroatoms. The van der Waals surface area contributed by atoms with Crippen LogP contribution in [0.5, 0.6) is 0 Å². The van der Waals surface area contributed by atoms with Crippen LogP contribution in [-0.2, 0) is 9.59 Å². The lowest BCUT2D eigenvalue weighted by molar-refractivity contribution is -0.149. The Morgan fingerprint density at radius 3 is 2.24 bits per heavy atom.